The molecule has 0 aromatic heterocycles. The van der Waals surface area contributed by atoms with Crippen LogP contribution < -0.4 is 15.0 Å². The Morgan fingerprint density at radius 3 is 2.46 bits per heavy atom. The Labute approximate surface area is 163 Å². The van der Waals surface area contributed by atoms with Crippen molar-refractivity contribution in [3.05, 3.63) is 54.1 Å². The minimum Gasteiger partial charge on any atom is -0.482 e. The molecule has 0 radical (unpaired) electrons. The third-order valence-electron chi connectivity index (χ3n) is 4.55. The molecule has 1 heterocycles. The fourth-order valence-electron chi connectivity index (χ4n) is 3.00. The molecule has 1 aliphatic heterocycles. The van der Waals surface area contributed by atoms with E-state index in [-0.39, 0.29) is 12.5 Å². The summed E-state index contributed by atoms with van der Waals surface area (Å²) in [7, 11) is 0. The van der Waals surface area contributed by atoms with Gasteiger partial charge in [0.2, 0.25) is 5.91 Å². The van der Waals surface area contributed by atoms with Gasteiger partial charge >= 0.3 is 5.97 Å². The van der Waals surface area contributed by atoms with E-state index in [1.54, 1.807) is 50.2 Å². The number of nitrogens with zero attached hydrogens (tertiary/aromatic N) is 1. The van der Waals surface area contributed by atoms with Crippen molar-refractivity contribution in [2.75, 3.05) is 23.4 Å². The molecule has 2 aromatic rings. The zero-order valence-corrected chi connectivity index (χ0v) is 16.0. The summed E-state index contributed by atoms with van der Waals surface area (Å²) in [5, 5.41) is 2.78. The summed E-state index contributed by atoms with van der Waals surface area (Å²) in [6.45, 7) is 4.35. The van der Waals surface area contributed by atoms with Crippen molar-refractivity contribution in [2.45, 2.75) is 26.3 Å². The zero-order valence-electron chi connectivity index (χ0n) is 16.0. The number of benzene rings is 2. The first-order valence-corrected chi connectivity index (χ1v) is 8.88. The van der Waals surface area contributed by atoms with Gasteiger partial charge < -0.3 is 14.8 Å². The number of esters is 1. The minimum absolute atomic E-state index is 0.307. The fourth-order valence-corrected chi connectivity index (χ4v) is 3.00. The highest BCUT2D eigenvalue weighted by atomic mass is 16.6. The van der Waals surface area contributed by atoms with E-state index in [1.807, 2.05) is 19.1 Å². The van der Waals surface area contributed by atoms with Gasteiger partial charge in [-0.3, -0.25) is 14.5 Å². The van der Waals surface area contributed by atoms with E-state index in [0.717, 1.165) is 5.56 Å². The molecular weight excluding hydrogens is 360 g/mol. The molecule has 1 aliphatic rings. The summed E-state index contributed by atoms with van der Waals surface area (Å²) >= 11 is 0. The Morgan fingerprint density at radius 1 is 1.04 bits per heavy atom. The number of para-hydroxylation sites is 3. The van der Waals surface area contributed by atoms with Crippen molar-refractivity contribution >= 4 is 29.2 Å². The van der Waals surface area contributed by atoms with Crippen molar-refractivity contribution in [1.82, 2.24) is 0 Å². The second-order valence-corrected chi connectivity index (χ2v) is 6.97. The first-order valence-electron chi connectivity index (χ1n) is 8.88. The van der Waals surface area contributed by atoms with Crippen LogP contribution in [0.25, 0.3) is 0 Å². The first-order chi connectivity index (χ1) is 13.3. The molecule has 0 bridgehead atoms. The minimum atomic E-state index is -1.12. The van der Waals surface area contributed by atoms with E-state index in [2.05, 4.69) is 5.32 Å². The molecule has 1 N–H and O–H groups in total. The lowest BCUT2D eigenvalue weighted by Crippen LogP contribution is -2.59. The van der Waals surface area contributed by atoms with E-state index in [1.165, 1.54) is 4.90 Å². The van der Waals surface area contributed by atoms with Crippen LogP contribution in [0.15, 0.2) is 48.5 Å². The maximum Gasteiger partial charge on any atom is 0.344 e. The first kappa shape index (κ1) is 19.4. The molecule has 0 aliphatic carbocycles. The van der Waals surface area contributed by atoms with E-state index in [0.29, 0.717) is 17.1 Å². The van der Waals surface area contributed by atoms with Crippen LogP contribution in [0.2, 0.25) is 0 Å². The van der Waals surface area contributed by atoms with Crippen LogP contribution >= 0.6 is 0 Å². The van der Waals surface area contributed by atoms with Gasteiger partial charge in [0.15, 0.2) is 13.2 Å². The summed E-state index contributed by atoms with van der Waals surface area (Å²) in [6, 6.07) is 14.3. The molecule has 0 unspecified atom stereocenters. The third-order valence-corrected chi connectivity index (χ3v) is 4.55. The number of carbonyl (C=O) groups excluding carboxylic acids is 3. The number of ether oxygens (including phenoxy) is 2. The summed E-state index contributed by atoms with van der Waals surface area (Å²) in [4.78, 5) is 38.5. The number of hydrogen-bond acceptors (Lipinski definition) is 5. The van der Waals surface area contributed by atoms with Gasteiger partial charge in [0, 0.05) is 0 Å². The summed E-state index contributed by atoms with van der Waals surface area (Å²) < 4.78 is 10.5. The van der Waals surface area contributed by atoms with Gasteiger partial charge in [-0.05, 0) is 44.5 Å². The monoisotopic (exact) mass is 382 g/mol. The molecule has 0 fully saturated rings. The molecule has 2 aromatic carbocycles. The van der Waals surface area contributed by atoms with Gasteiger partial charge in [-0.1, -0.05) is 30.3 Å². The van der Waals surface area contributed by atoms with Crippen LogP contribution in [0.3, 0.4) is 0 Å². The van der Waals surface area contributed by atoms with Crippen molar-refractivity contribution in [3.8, 4) is 5.75 Å². The van der Waals surface area contributed by atoms with Gasteiger partial charge in [0.1, 0.15) is 11.3 Å². The highest BCUT2D eigenvalue weighted by Crippen LogP contribution is 2.36. The smallest absolute Gasteiger partial charge is 0.344 e. The predicted octanol–water partition coefficient (Wildman–Crippen LogP) is 2.68. The van der Waals surface area contributed by atoms with E-state index >= 15 is 0 Å². The molecule has 146 valence electrons. The molecule has 7 heteroatoms. The SMILES string of the molecule is Cc1ccccc1OCC(=O)OCC(=O)N1c2ccccc2NC(=O)C1(C)C. The van der Waals surface area contributed by atoms with E-state index in [9.17, 15) is 14.4 Å². The molecule has 2 amide bonds. The Kier molecular flexibility index (Phi) is 5.35. The average Bonchev–Trinajstić information content (AvgIpc) is 2.66. The quantitative estimate of drug-likeness (QED) is 0.804. The summed E-state index contributed by atoms with van der Waals surface area (Å²) in [5.41, 5.74) is 0.873. The molecule has 28 heavy (non-hydrogen) atoms. The lowest BCUT2D eigenvalue weighted by molar-refractivity contribution is -0.150. The number of amides is 2. The normalized spacial score (nSPS) is 14.7. The van der Waals surface area contributed by atoms with Crippen LogP contribution in [0.5, 0.6) is 5.75 Å². The van der Waals surface area contributed by atoms with Gasteiger partial charge in [0.05, 0.1) is 11.4 Å². The summed E-state index contributed by atoms with van der Waals surface area (Å²) in [6.07, 6.45) is 0. The van der Waals surface area contributed by atoms with Crippen LogP contribution in [0.4, 0.5) is 11.4 Å². The van der Waals surface area contributed by atoms with Gasteiger partial charge in [-0.2, -0.15) is 0 Å². The Balaban J connectivity index is 1.64. The zero-order chi connectivity index (χ0) is 20.3. The molecule has 0 spiro atoms. The van der Waals surface area contributed by atoms with E-state index < -0.39 is 24.0 Å². The number of anilines is 2. The second-order valence-electron chi connectivity index (χ2n) is 6.97. The standard InChI is InChI=1S/C21H22N2O5/c1-14-8-4-7-11-17(14)27-13-19(25)28-12-18(24)23-16-10-6-5-9-15(16)22-20(26)21(23,2)3/h4-11H,12-13H2,1-3H3,(H,22,26). The number of carbonyl (C=O) groups is 3. The molecule has 3 rings (SSSR count). The van der Waals surface area contributed by atoms with Crippen molar-refractivity contribution in [3.63, 3.8) is 0 Å². The average molecular weight is 382 g/mol. The lowest BCUT2D eigenvalue weighted by Gasteiger charge is -2.41. The number of hydrogen-bond donors (Lipinski definition) is 1. The molecule has 0 saturated carbocycles. The molecule has 7 nitrogen and oxygen atoms in total. The van der Waals surface area contributed by atoms with Crippen LogP contribution in [-0.4, -0.2) is 36.5 Å². The Morgan fingerprint density at radius 2 is 1.71 bits per heavy atom. The van der Waals surface area contributed by atoms with Gasteiger partial charge in [-0.15, -0.1) is 0 Å². The number of fused-ring (bicyclic) bond motifs is 1. The number of rotatable bonds is 5. The summed E-state index contributed by atoms with van der Waals surface area (Å²) in [5.74, 6) is -0.886. The fraction of sp³-hybridized carbons (Fsp3) is 0.286. The maximum atomic E-state index is 12.8. The largest absolute Gasteiger partial charge is 0.482 e. The molecular formula is C21H22N2O5. The number of aryl methyl sites for hydroxylation is 1. The van der Waals surface area contributed by atoms with Crippen molar-refractivity contribution < 1.29 is 23.9 Å². The van der Waals surface area contributed by atoms with E-state index in [4.69, 9.17) is 9.47 Å². The van der Waals surface area contributed by atoms with Gasteiger partial charge in [0.25, 0.3) is 5.91 Å². The van der Waals surface area contributed by atoms with Crippen molar-refractivity contribution in [1.29, 1.82) is 0 Å². The van der Waals surface area contributed by atoms with Gasteiger partial charge in [-0.25, -0.2) is 4.79 Å². The highest BCUT2D eigenvalue weighted by molar-refractivity contribution is 6.14. The molecule has 0 atom stereocenters. The van der Waals surface area contributed by atoms with Crippen LogP contribution in [0.1, 0.15) is 19.4 Å². The second kappa shape index (κ2) is 7.72. The highest BCUT2D eigenvalue weighted by Gasteiger charge is 2.43. The predicted molar refractivity (Wildman–Crippen MR) is 104 cm³/mol. The lowest BCUT2D eigenvalue weighted by atomic mass is 9.96. The Bertz CT molecular complexity index is 923. The Hall–Kier alpha value is -3.35. The third kappa shape index (κ3) is 3.83. The topological polar surface area (TPSA) is 84.9 Å². The molecule has 0 saturated heterocycles. The maximum absolute atomic E-state index is 12.8. The van der Waals surface area contributed by atoms with Crippen LogP contribution in [0, 0.1) is 6.92 Å². The number of nitrogens with one attached hydrogen (secondary N) is 1. The van der Waals surface area contributed by atoms with Crippen LogP contribution in [-0.2, 0) is 19.1 Å². The van der Waals surface area contributed by atoms with Crippen molar-refractivity contribution in [2.24, 2.45) is 0 Å².